The van der Waals surface area contributed by atoms with E-state index in [9.17, 15) is 22.8 Å². The van der Waals surface area contributed by atoms with Crippen LogP contribution in [0.3, 0.4) is 0 Å². The molecule has 1 aromatic carbocycles. The number of carbonyl (C=O) groups excluding carboxylic acids is 2. The molecule has 8 nitrogen and oxygen atoms in total. The summed E-state index contributed by atoms with van der Waals surface area (Å²) in [6, 6.07) is 6.77. The van der Waals surface area contributed by atoms with Gasteiger partial charge >= 0.3 is 12.2 Å². The molecular weight excluding hydrogens is 484 g/mol. The molecule has 0 atom stereocenters. The summed E-state index contributed by atoms with van der Waals surface area (Å²) < 4.78 is 40.8. The number of hydrogen-bond donors (Lipinski definition) is 2. The second-order valence-corrected chi connectivity index (χ2v) is 8.14. The quantitative estimate of drug-likeness (QED) is 0.629. The van der Waals surface area contributed by atoms with Crippen molar-refractivity contribution in [3.8, 4) is 0 Å². The average molecular weight is 507 g/mol. The zero-order valence-corrected chi connectivity index (χ0v) is 19.3. The van der Waals surface area contributed by atoms with E-state index in [1.165, 1.54) is 0 Å². The molecule has 0 unspecified atom stereocenters. The minimum absolute atomic E-state index is 0.0941. The van der Waals surface area contributed by atoms with Crippen LogP contribution in [0.1, 0.15) is 18.3 Å². The summed E-state index contributed by atoms with van der Waals surface area (Å²) in [5.74, 6) is -0.391. The van der Waals surface area contributed by atoms with Crippen molar-refractivity contribution in [2.45, 2.75) is 26.2 Å². The number of piperazine rings is 1. The third-order valence-corrected chi connectivity index (χ3v) is 5.77. The normalized spacial score (nSPS) is 14.4. The zero-order chi connectivity index (χ0) is 24.2. The molecule has 0 radical (unpaired) electrons. The van der Waals surface area contributed by atoms with Gasteiger partial charge in [0, 0.05) is 43.4 Å². The van der Waals surface area contributed by atoms with Crippen molar-refractivity contribution >= 4 is 40.8 Å². The van der Waals surface area contributed by atoms with Crippen LogP contribution in [0.2, 0.25) is 10.0 Å². The van der Waals surface area contributed by atoms with Crippen LogP contribution >= 0.6 is 23.2 Å². The van der Waals surface area contributed by atoms with E-state index in [1.54, 1.807) is 24.0 Å². The van der Waals surface area contributed by atoms with Gasteiger partial charge in [-0.2, -0.15) is 18.3 Å². The molecule has 2 heterocycles. The average Bonchev–Trinajstić information content (AvgIpc) is 3.08. The van der Waals surface area contributed by atoms with E-state index in [4.69, 9.17) is 23.2 Å². The van der Waals surface area contributed by atoms with E-state index < -0.39 is 35.4 Å². The standard InChI is InChI=1S/C20H23Cl2F3N6O2/c1-2-26-19(33)27-11-15-17(22)18(20(23,24)25)28-31(15)12-16(32)30-9-7-29(8-10-30)14-5-3-13(21)4-6-14/h3-6H,2,7-12H2,1H3,(H2,26,27,33). The van der Waals surface area contributed by atoms with Gasteiger partial charge in [-0.1, -0.05) is 23.2 Å². The Morgan fingerprint density at radius 1 is 1.06 bits per heavy atom. The van der Waals surface area contributed by atoms with Gasteiger partial charge in [0.25, 0.3) is 0 Å². The predicted octanol–water partition coefficient (Wildman–Crippen LogP) is 3.38. The lowest BCUT2D eigenvalue weighted by molar-refractivity contribution is -0.142. The van der Waals surface area contributed by atoms with Crippen LogP contribution in [0, 0.1) is 0 Å². The fraction of sp³-hybridized carbons (Fsp3) is 0.450. The molecule has 3 rings (SSSR count). The van der Waals surface area contributed by atoms with Crippen LogP contribution in [0.15, 0.2) is 24.3 Å². The molecule has 0 bridgehead atoms. The van der Waals surface area contributed by atoms with Crippen molar-refractivity contribution < 1.29 is 22.8 Å². The Kier molecular flexibility index (Phi) is 7.96. The molecule has 1 aliphatic rings. The Labute approximate surface area is 198 Å². The van der Waals surface area contributed by atoms with E-state index in [1.807, 2.05) is 12.1 Å². The van der Waals surface area contributed by atoms with Crippen molar-refractivity contribution in [2.24, 2.45) is 0 Å². The fourth-order valence-corrected chi connectivity index (χ4v) is 3.87. The lowest BCUT2D eigenvalue weighted by Crippen LogP contribution is -2.49. The van der Waals surface area contributed by atoms with Gasteiger partial charge in [-0.05, 0) is 31.2 Å². The molecule has 0 spiro atoms. The number of nitrogens with zero attached hydrogens (tertiary/aromatic N) is 4. The number of halogens is 5. The van der Waals surface area contributed by atoms with Crippen LogP contribution in [-0.4, -0.2) is 59.3 Å². The molecule has 3 amide bonds. The van der Waals surface area contributed by atoms with Crippen LogP contribution in [-0.2, 0) is 24.1 Å². The number of benzene rings is 1. The molecule has 2 aromatic rings. The van der Waals surface area contributed by atoms with Crippen LogP contribution in [0.25, 0.3) is 0 Å². The minimum Gasteiger partial charge on any atom is -0.368 e. The molecule has 13 heteroatoms. The highest BCUT2D eigenvalue weighted by Gasteiger charge is 2.39. The summed E-state index contributed by atoms with van der Waals surface area (Å²) in [4.78, 5) is 28.2. The van der Waals surface area contributed by atoms with Crippen molar-refractivity contribution in [2.75, 3.05) is 37.6 Å². The maximum absolute atomic E-state index is 13.3. The second kappa shape index (κ2) is 10.5. The smallest absolute Gasteiger partial charge is 0.368 e. The zero-order valence-electron chi connectivity index (χ0n) is 17.8. The van der Waals surface area contributed by atoms with E-state index in [-0.39, 0.29) is 12.2 Å². The van der Waals surface area contributed by atoms with Gasteiger partial charge < -0.3 is 20.4 Å². The summed E-state index contributed by atoms with van der Waals surface area (Å²) in [7, 11) is 0. The predicted molar refractivity (Wildman–Crippen MR) is 118 cm³/mol. The number of nitrogens with one attached hydrogen (secondary N) is 2. The Morgan fingerprint density at radius 3 is 2.27 bits per heavy atom. The SMILES string of the molecule is CCNC(=O)NCc1c(Cl)c(C(F)(F)F)nn1CC(=O)N1CCN(c2ccc(Cl)cc2)CC1. The highest BCUT2D eigenvalue weighted by Crippen LogP contribution is 2.35. The number of anilines is 1. The molecule has 1 aromatic heterocycles. The summed E-state index contributed by atoms with van der Waals surface area (Å²) in [6.07, 6.45) is -4.80. The van der Waals surface area contributed by atoms with Crippen molar-refractivity contribution in [1.82, 2.24) is 25.3 Å². The molecule has 1 fully saturated rings. The monoisotopic (exact) mass is 506 g/mol. The van der Waals surface area contributed by atoms with Crippen LogP contribution < -0.4 is 15.5 Å². The highest BCUT2D eigenvalue weighted by atomic mass is 35.5. The van der Waals surface area contributed by atoms with E-state index in [2.05, 4.69) is 20.6 Å². The largest absolute Gasteiger partial charge is 0.436 e. The first-order valence-electron chi connectivity index (χ1n) is 10.2. The summed E-state index contributed by atoms with van der Waals surface area (Å²) >= 11 is 11.8. The van der Waals surface area contributed by atoms with Gasteiger partial charge in [0.15, 0.2) is 5.69 Å². The number of urea groups is 1. The molecule has 2 N–H and O–H groups in total. The lowest BCUT2D eigenvalue weighted by Gasteiger charge is -2.36. The Hall–Kier alpha value is -2.66. The first kappa shape index (κ1) is 25.0. The third kappa shape index (κ3) is 6.23. The Balaban J connectivity index is 1.69. The second-order valence-electron chi connectivity index (χ2n) is 7.32. The van der Waals surface area contributed by atoms with Crippen molar-refractivity contribution in [3.05, 3.63) is 45.7 Å². The van der Waals surface area contributed by atoms with Gasteiger partial charge in [0.1, 0.15) is 6.54 Å². The third-order valence-electron chi connectivity index (χ3n) is 5.12. The number of amides is 3. The van der Waals surface area contributed by atoms with Gasteiger partial charge in [-0.3, -0.25) is 9.48 Å². The molecule has 33 heavy (non-hydrogen) atoms. The number of aromatic nitrogens is 2. The van der Waals surface area contributed by atoms with E-state index >= 15 is 0 Å². The van der Waals surface area contributed by atoms with Crippen LogP contribution in [0.4, 0.5) is 23.7 Å². The van der Waals surface area contributed by atoms with Gasteiger partial charge in [0.05, 0.1) is 17.3 Å². The number of carbonyl (C=O) groups is 2. The molecule has 180 valence electrons. The van der Waals surface area contributed by atoms with Crippen LogP contribution in [0.5, 0.6) is 0 Å². The fourth-order valence-electron chi connectivity index (χ4n) is 3.44. The minimum atomic E-state index is -4.80. The number of alkyl halides is 3. The van der Waals surface area contributed by atoms with Gasteiger partial charge in [0.2, 0.25) is 5.91 Å². The molecule has 0 saturated carbocycles. The summed E-state index contributed by atoms with van der Waals surface area (Å²) in [5.41, 5.74) is -0.417. The van der Waals surface area contributed by atoms with Gasteiger partial charge in [-0.15, -0.1) is 0 Å². The lowest BCUT2D eigenvalue weighted by atomic mass is 10.2. The molecule has 1 aliphatic heterocycles. The summed E-state index contributed by atoms with van der Waals surface area (Å²) in [5, 5.41) is 8.41. The highest BCUT2D eigenvalue weighted by molar-refractivity contribution is 6.32. The first-order valence-corrected chi connectivity index (χ1v) is 11.0. The molecular formula is C20H23Cl2F3N6O2. The topological polar surface area (TPSA) is 82.5 Å². The number of rotatable bonds is 6. The summed E-state index contributed by atoms with van der Waals surface area (Å²) in [6.45, 7) is 3.22. The van der Waals surface area contributed by atoms with Crippen molar-refractivity contribution in [3.63, 3.8) is 0 Å². The first-order chi connectivity index (χ1) is 15.6. The van der Waals surface area contributed by atoms with Crippen molar-refractivity contribution in [1.29, 1.82) is 0 Å². The van der Waals surface area contributed by atoms with E-state index in [0.717, 1.165) is 10.4 Å². The number of hydrogen-bond acceptors (Lipinski definition) is 4. The van der Waals surface area contributed by atoms with E-state index in [0.29, 0.717) is 37.7 Å². The molecule has 0 aliphatic carbocycles. The van der Waals surface area contributed by atoms with Gasteiger partial charge in [-0.25, -0.2) is 4.79 Å². The Bertz CT molecular complexity index is 989. The maximum Gasteiger partial charge on any atom is 0.436 e. The maximum atomic E-state index is 13.3. The Morgan fingerprint density at radius 2 is 1.70 bits per heavy atom. The molecule has 1 saturated heterocycles.